The predicted octanol–water partition coefficient (Wildman–Crippen LogP) is 2.29. The number of carbonyl (C=O) groups excluding carboxylic acids is 2. The number of rotatable bonds is 4. The summed E-state index contributed by atoms with van der Waals surface area (Å²) in [5.41, 5.74) is -0.101. The lowest BCUT2D eigenvalue weighted by Gasteiger charge is -2.15. The molecule has 1 rings (SSSR count). The van der Waals surface area contributed by atoms with Gasteiger partial charge in [-0.1, -0.05) is 6.07 Å². The first-order chi connectivity index (χ1) is 7.82. The Hall–Kier alpha value is -1.37. The van der Waals surface area contributed by atoms with Crippen molar-refractivity contribution in [3.05, 3.63) is 30.1 Å². The van der Waals surface area contributed by atoms with Crippen LogP contribution < -0.4 is 0 Å². The Bertz CT molecular complexity index is 419. The van der Waals surface area contributed by atoms with Crippen LogP contribution in [0.1, 0.15) is 16.9 Å². The largest absolute Gasteiger partial charge is 0.399 e. The molecule has 0 bridgehead atoms. The Kier molecular flexibility index (Phi) is 4.28. The second kappa shape index (κ2) is 5.31. The monoisotopic (exact) mass is 263 g/mol. The topological polar surface area (TPSA) is 47.0 Å². The van der Waals surface area contributed by atoms with Crippen LogP contribution in [-0.2, 0) is 4.79 Å². The maximum atomic E-state index is 12.4. The lowest BCUT2D eigenvalue weighted by molar-refractivity contribution is -0.175. The summed E-state index contributed by atoms with van der Waals surface area (Å²) in [6.45, 7) is 0. The Morgan fingerprint density at radius 3 is 2.41 bits per heavy atom. The highest BCUT2D eigenvalue weighted by Gasteiger charge is 2.44. The second-order valence-electron chi connectivity index (χ2n) is 3.27. The SMILES string of the molecule is O=C(CC(C(=O)S)C(F)(F)F)c1ccccn1. The molecule has 0 spiro atoms. The second-order valence-corrected chi connectivity index (χ2v) is 3.72. The summed E-state index contributed by atoms with van der Waals surface area (Å²) in [5, 5.41) is -1.37. The van der Waals surface area contributed by atoms with Gasteiger partial charge in [0.1, 0.15) is 11.6 Å². The van der Waals surface area contributed by atoms with Crippen molar-refractivity contribution in [3.8, 4) is 0 Å². The molecule has 1 atom stereocenters. The Labute approximate surface area is 100 Å². The van der Waals surface area contributed by atoms with E-state index in [0.717, 1.165) is 0 Å². The molecule has 0 fully saturated rings. The minimum atomic E-state index is -4.77. The highest BCUT2D eigenvalue weighted by Crippen LogP contribution is 2.31. The van der Waals surface area contributed by atoms with Gasteiger partial charge in [-0.3, -0.25) is 14.6 Å². The van der Waals surface area contributed by atoms with Crippen molar-refractivity contribution in [1.82, 2.24) is 4.98 Å². The molecule has 17 heavy (non-hydrogen) atoms. The summed E-state index contributed by atoms with van der Waals surface area (Å²) >= 11 is 3.14. The summed E-state index contributed by atoms with van der Waals surface area (Å²) in [6.07, 6.45) is -4.45. The lowest BCUT2D eigenvalue weighted by Crippen LogP contribution is -2.30. The zero-order chi connectivity index (χ0) is 13.1. The van der Waals surface area contributed by atoms with Crippen molar-refractivity contribution in [2.75, 3.05) is 0 Å². The van der Waals surface area contributed by atoms with Crippen LogP contribution in [0.3, 0.4) is 0 Å². The number of hydrogen-bond acceptors (Lipinski definition) is 3. The number of nitrogens with zero attached hydrogens (tertiary/aromatic N) is 1. The van der Waals surface area contributed by atoms with Gasteiger partial charge in [-0.2, -0.15) is 13.2 Å². The maximum absolute atomic E-state index is 12.4. The number of ketones is 1. The van der Waals surface area contributed by atoms with E-state index in [4.69, 9.17) is 0 Å². The van der Waals surface area contributed by atoms with E-state index >= 15 is 0 Å². The van der Waals surface area contributed by atoms with Gasteiger partial charge < -0.3 is 0 Å². The molecule has 0 saturated heterocycles. The highest BCUT2D eigenvalue weighted by atomic mass is 32.1. The molecule has 92 valence electrons. The molecule has 0 saturated carbocycles. The van der Waals surface area contributed by atoms with Gasteiger partial charge in [0.25, 0.3) is 0 Å². The van der Waals surface area contributed by atoms with Crippen molar-refractivity contribution in [2.45, 2.75) is 12.6 Å². The summed E-state index contributed by atoms with van der Waals surface area (Å²) < 4.78 is 37.2. The van der Waals surface area contributed by atoms with Crippen LogP contribution in [0, 0.1) is 5.92 Å². The standard InChI is InChI=1S/C10H8F3NO2S/c11-10(12,13)6(9(16)17)5-8(15)7-3-1-2-4-14-7/h1-4,6H,5H2,(H,16,17). The number of hydrogen-bond donors (Lipinski definition) is 1. The van der Waals surface area contributed by atoms with E-state index in [9.17, 15) is 22.8 Å². The molecule has 0 radical (unpaired) electrons. The fraction of sp³-hybridized carbons (Fsp3) is 0.300. The van der Waals surface area contributed by atoms with Crippen molar-refractivity contribution < 1.29 is 22.8 Å². The number of Topliss-reactive ketones (excluding diaryl/α,β-unsaturated/α-hetero) is 1. The van der Waals surface area contributed by atoms with E-state index in [0.29, 0.717) is 0 Å². The summed E-state index contributed by atoms with van der Waals surface area (Å²) in [7, 11) is 0. The summed E-state index contributed by atoms with van der Waals surface area (Å²) in [4.78, 5) is 25.8. The predicted molar refractivity (Wildman–Crippen MR) is 56.7 cm³/mol. The quantitative estimate of drug-likeness (QED) is 0.669. The van der Waals surface area contributed by atoms with Crippen molar-refractivity contribution >= 4 is 23.5 Å². The van der Waals surface area contributed by atoms with Gasteiger partial charge >= 0.3 is 6.18 Å². The zero-order valence-corrected chi connectivity index (χ0v) is 9.33. The minimum Gasteiger partial charge on any atom is -0.292 e. The molecule has 0 aliphatic carbocycles. The van der Waals surface area contributed by atoms with E-state index in [-0.39, 0.29) is 5.69 Å². The molecule has 0 amide bonds. The van der Waals surface area contributed by atoms with Gasteiger partial charge in [0, 0.05) is 12.6 Å². The molecular weight excluding hydrogens is 255 g/mol. The number of pyridine rings is 1. The molecule has 3 nitrogen and oxygen atoms in total. The van der Waals surface area contributed by atoms with Crippen LogP contribution in [0.15, 0.2) is 24.4 Å². The maximum Gasteiger partial charge on any atom is 0.399 e. The molecular formula is C10H8F3NO2S. The molecule has 0 aliphatic rings. The highest BCUT2D eigenvalue weighted by molar-refractivity contribution is 7.96. The third kappa shape index (κ3) is 3.85. The first-order valence-corrected chi connectivity index (χ1v) is 5.01. The molecule has 1 heterocycles. The number of alkyl halides is 3. The molecule has 0 aliphatic heterocycles. The normalized spacial score (nSPS) is 13.2. The van der Waals surface area contributed by atoms with Crippen molar-refractivity contribution in [2.24, 2.45) is 5.92 Å². The summed E-state index contributed by atoms with van der Waals surface area (Å²) in [6, 6.07) is 4.30. The fourth-order valence-corrected chi connectivity index (χ4v) is 1.40. The molecule has 7 heteroatoms. The van der Waals surface area contributed by atoms with Crippen LogP contribution >= 0.6 is 12.6 Å². The van der Waals surface area contributed by atoms with Gasteiger partial charge in [0.2, 0.25) is 0 Å². The molecule has 1 aromatic rings. The van der Waals surface area contributed by atoms with Gasteiger partial charge in [0.15, 0.2) is 10.9 Å². The van der Waals surface area contributed by atoms with Gasteiger partial charge in [-0.05, 0) is 12.1 Å². The first kappa shape index (κ1) is 13.7. The number of aromatic nitrogens is 1. The molecule has 1 aromatic heterocycles. The molecule has 0 N–H and O–H groups in total. The Morgan fingerprint density at radius 1 is 1.35 bits per heavy atom. The first-order valence-electron chi connectivity index (χ1n) is 4.56. The van der Waals surface area contributed by atoms with Crippen LogP contribution in [0.5, 0.6) is 0 Å². The summed E-state index contributed by atoms with van der Waals surface area (Å²) in [5.74, 6) is -3.23. The van der Waals surface area contributed by atoms with Gasteiger partial charge in [-0.25, -0.2) is 0 Å². The van der Waals surface area contributed by atoms with E-state index in [2.05, 4.69) is 17.6 Å². The Balaban J connectivity index is 2.83. The van der Waals surface area contributed by atoms with Crippen molar-refractivity contribution in [1.29, 1.82) is 0 Å². The van der Waals surface area contributed by atoms with E-state index in [1.54, 1.807) is 0 Å². The number of carbonyl (C=O) groups is 2. The van der Waals surface area contributed by atoms with Crippen molar-refractivity contribution in [3.63, 3.8) is 0 Å². The number of thiol groups is 1. The fourth-order valence-electron chi connectivity index (χ4n) is 1.16. The number of halogens is 3. The van der Waals surface area contributed by atoms with Crippen LogP contribution in [0.4, 0.5) is 13.2 Å². The lowest BCUT2D eigenvalue weighted by atomic mass is 10.0. The zero-order valence-electron chi connectivity index (χ0n) is 8.44. The average molecular weight is 263 g/mol. The van der Waals surface area contributed by atoms with Gasteiger partial charge in [0.05, 0.1) is 0 Å². The third-order valence-corrected chi connectivity index (χ3v) is 2.34. The van der Waals surface area contributed by atoms with E-state index < -0.39 is 29.4 Å². The average Bonchev–Trinajstić information content (AvgIpc) is 2.24. The van der Waals surface area contributed by atoms with Gasteiger partial charge in [-0.15, -0.1) is 12.6 Å². The Morgan fingerprint density at radius 2 is 2.00 bits per heavy atom. The third-order valence-electron chi connectivity index (χ3n) is 2.03. The van der Waals surface area contributed by atoms with E-state index in [1.807, 2.05) is 0 Å². The molecule has 1 unspecified atom stereocenters. The van der Waals surface area contributed by atoms with Crippen LogP contribution in [0.2, 0.25) is 0 Å². The minimum absolute atomic E-state index is 0.101. The van der Waals surface area contributed by atoms with Crippen LogP contribution in [0.25, 0.3) is 0 Å². The van der Waals surface area contributed by atoms with E-state index in [1.165, 1.54) is 24.4 Å². The van der Waals surface area contributed by atoms with Crippen LogP contribution in [-0.4, -0.2) is 22.1 Å². The smallest absolute Gasteiger partial charge is 0.292 e. The molecule has 0 aromatic carbocycles.